The fourth-order valence-electron chi connectivity index (χ4n) is 2.71. The number of carbonyl (C=O) groups is 1. The molecule has 1 aliphatic heterocycles. The minimum atomic E-state index is 0.0397. The van der Waals surface area contributed by atoms with Gasteiger partial charge >= 0.3 is 0 Å². The van der Waals surface area contributed by atoms with Crippen LogP contribution in [0.15, 0.2) is 4.99 Å². The van der Waals surface area contributed by atoms with Gasteiger partial charge in [0.15, 0.2) is 5.96 Å². The Morgan fingerprint density at radius 3 is 2.48 bits per heavy atom. The zero-order valence-electron chi connectivity index (χ0n) is 13.1. The number of amides is 1. The molecule has 1 heterocycles. The van der Waals surface area contributed by atoms with Crippen LogP contribution in [0.3, 0.4) is 0 Å². The zero-order valence-corrected chi connectivity index (χ0v) is 13.1. The number of likely N-dealkylation sites (tertiary alicyclic amines) is 1. The van der Waals surface area contributed by atoms with Crippen molar-refractivity contribution in [2.24, 2.45) is 4.99 Å². The van der Waals surface area contributed by atoms with Crippen molar-refractivity contribution in [1.29, 1.82) is 0 Å². The summed E-state index contributed by atoms with van der Waals surface area (Å²) in [5.74, 6) is 0.855. The summed E-state index contributed by atoms with van der Waals surface area (Å²) in [4.78, 5) is 20.3. The maximum absolute atomic E-state index is 11.7. The van der Waals surface area contributed by atoms with E-state index in [1.54, 1.807) is 19.0 Å². The summed E-state index contributed by atoms with van der Waals surface area (Å²) in [5, 5.41) is 6.94. The molecule has 0 spiro atoms. The molecule has 0 aromatic carbocycles. The van der Waals surface area contributed by atoms with Crippen molar-refractivity contribution in [3.63, 3.8) is 0 Å². The molecule has 6 nitrogen and oxygen atoms in total. The van der Waals surface area contributed by atoms with Crippen LogP contribution in [0.2, 0.25) is 0 Å². The Labute approximate surface area is 127 Å². The number of hydrogen-bond acceptors (Lipinski definition) is 3. The Bertz CT molecular complexity index is 414. The third-order valence-electron chi connectivity index (χ3n) is 4.41. The number of guanidine groups is 1. The minimum absolute atomic E-state index is 0.0397. The largest absolute Gasteiger partial charge is 0.354 e. The van der Waals surface area contributed by atoms with Crippen LogP contribution in [0, 0.1) is 0 Å². The summed E-state index contributed by atoms with van der Waals surface area (Å²) in [5.41, 5.74) is 0. The summed E-state index contributed by atoms with van der Waals surface area (Å²) in [6, 6.07) is 1.85. The maximum atomic E-state index is 11.7. The third-order valence-corrected chi connectivity index (χ3v) is 4.41. The molecule has 3 aliphatic rings. The molecule has 2 N–H and O–H groups in total. The van der Waals surface area contributed by atoms with Gasteiger partial charge in [0.1, 0.15) is 6.54 Å². The van der Waals surface area contributed by atoms with Crippen LogP contribution in [-0.2, 0) is 4.79 Å². The molecule has 0 aromatic heterocycles. The van der Waals surface area contributed by atoms with Gasteiger partial charge in [-0.2, -0.15) is 0 Å². The van der Waals surface area contributed by atoms with E-state index in [0.29, 0.717) is 12.1 Å². The second-order valence-corrected chi connectivity index (χ2v) is 6.73. The molecule has 1 amide bonds. The van der Waals surface area contributed by atoms with E-state index in [-0.39, 0.29) is 12.5 Å². The minimum Gasteiger partial charge on any atom is -0.354 e. The Morgan fingerprint density at radius 2 is 1.86 bits per heavy atom. The van der Waals surface area contributed by atoms with Gasteiger partial charge in [-0.15, -0.1) is 0 Å². The van der Waals surface area contributed by atoms with E-state index in [1.807, 2.05) is 0 Å². The van der Waals surface area contributed by atoms with Crippen molar-refractivity contribution in [3.05, 3.63) is 0 Å². The van der Waals surface area contributed by atoms with Gasteiger partial charge in [0.25, 0.3) is 0 Å². The van der Waals surface area contributed by atoms with E-state index in [2.05, 4.69) is 20.5 Å². The Kier molecular flexibility index (Phi) is 4.33. The zero-order chi connectivity index (χ0) is 14.8. The van der Waals surface area contributed by atoms with E-state index in [1.165, 1.54) is 38.6 Å². The van der Waals surface area contributed by atoms with Gasteiger partial charge in [0.2, 0.25) is 5.91 Å². The Morgan fingerprint density at radius 1 is 1.14 bits per heavy atom. The lowest BCUT2D eigenvalue weighted by atomic mass is 10.3. The van der Waals surface area contributed by atoms with Crippen LogP contribution in [0.25, 0.3) is 0 Å². The predicted molar refractivity (Wildman–Crippen MR) is 83.3 cm³/mol. The topological polar surface area (TPSA) is 60.0 Å². The molecule has 1 saturated heterocycles. The molecule has 0 radical (unpaired) electrons. The Hall–Kier alpha value is -1.30. The second kappa shape index (κ2) is 6.22. The van der Waals surface area contributed by atoms with E-state index < -0.39 is 0 Å². The molecule has 0 aromatic rings. The predicted octanol–water partition coefficient (Wildman–Crippen LogP) is 0.00890. The summed E-state index contributed by atoms with van der Waals surface area (Å²) >= 11 is 0. The molecule has 1 unspecified atom stereocenters. The highest BCUT2D eigenvalue weighted by atomic mass is 16.2. The molecular weight excluding hydrogens is 266 g/mol. The number of hydrogen-bond donors (Lipinski definition) is 2. The van der Waals surface area contributed by atoms with Gasteiger partial charge < -0.3 is 15.5 Å². The summed E-state index contributed by atoms with van der Waals surface area (Å²) in [6.45, 7) is 2.52. The van der Waals surface area contributed by atoms with Crippen LogP contribution in [0.4, 0.5) is 0 Å². The Balaban J connectivity index is 1.51. The molecule has 0 bridgehead atoms. The first-order valence-corrected chi connectivity index (χ1v) is 8.13. The monoisotopic (exact) mass is 293 g/mol. The summed E-state index contributed by atoms with van der Waals surface area (Å²) < 4.78 is 0. The maximum Gasteiger partial charge on any atom is 0.243 e. The first-order chi connectivity index (χ1) is 10.1. The fraction of sp³-hybridized carbons (Fsp3) is 0.867. The van der Waals surface area contributed by atoms with Crippen LogP contribution in [0.5, 0.6) is 0 Å². The lowest BCUT2D eigenvalue weighted by Gasteiger charge is -2.19. The van der Waals surface area contributed by atoms with Crippen LogP contribution >= 0.6 is 0 Å². The summed E-state index contributed by atoms with van der Waals surface area (Å²) in [7, 11) is 3.54. The highest BCUT2D eigenvalue weighted by Gasteiger charge is 2.35. The lowest BCUT2D eigenvalue weighted by molar-refractivity contribution is -0.127. The van der Waals surface area contributed by atoms with Crippen LogP contribution in [-0.4, -0.2) is 73.5 Å². The first kappa shape index (κ1) is 14.6. The van der Waals surface area contributed by atoms with Crippen molar-refractivity contribution in [2.75, 3.05) is 33.7 Å². The molecule has 21 heavy (non-hydrogen) atoms. The quantitative estimate of drug-likeness (QED) is 0.554. The summed E-state index contributed by atoms with van der Waals surface area (Å²) in [6.07, 6.45) is 6.32. The molecule has 2 saturated carbocycles. The first-order valence-electron chi connectivity index (χ1n) is 8.13. The average Bonchev–Trinajstić information content (AvgIpc) is 3.37. The number of carbonyl (C=O) groups excluding carboxylic acids is 1. The molecule has 3 fully saturated rings. The van der Waals surface area contributed by atoms with Crippen LogP contribution in [0.1, 0.15) is 32.1 Å². The van der Waals surface area contributed by atoms with Gasteiger partial charge in [-0.3, -0.25) is 9.69 Å². The van der Waals surface area contributed by atoms with E-state index in [9.17, 15) is 4.79 Å². The normalized spacial score (nSPS) is 26.8. The molecule has 6 heteroatoms. The fourth-order valence-corrected chi connectivity index (χ4v) is 2.71. The second-order valence-electron chi connectivity index (χ2n) is 6.73. The van der Waals surface area contributed by atoms with E-state index in [0.717, 1.165) is 18.5 Å². The highest BCUT2D eigenvalue weighted by Crippen LogP contribution is 2.29. The number of aliphatic imine (C=N–C) groups is 1. The highest BCUT2D eigenvalue weighted by molar-refractivity contribution is 5.85. The molecular formula is C15H27N5O. The van der Waals surface area contributed by atoms with Gasteiger partial charge in [-0.25, -0.2) is 4.99 Å². The number of nitrogens with zero attached hydrogens (tertiary/aromatic N) is 3. The average molecular weight is 293 g/mol. The van der Waals surface area contributed by atoms with Crippen molar-refractivity contribution < 1.29 is 4.79 Å². The lowest BCUT2D eigenvalue weighted by Crippen LogP contribution is -2.46. The van der Waals surface area contributed by atoms with Crippen molar-refractivity contribution in [1.82, 2.24) is 20.4 Å². The smallest absolute Gasteiger partial charge is 0.243 e. The molecule has 1 atom stereocenters. The van der Waals surface area contributed by atoms with Crippen molar-refractivity contribution in [3.8, 4) is 0 Å². The standard InChI is InChI=1S/C15H27N5O/c1-19(2)14(21)9-16-15(17-11-3-4-11)18-12-7-8-20(10-12)13-5-6-13/h11-13H,3-10H2,1-2H3,(H2,16,17,18). The van der Waals surface area contributed by atoms with Crippen molar-refractivity contribution in [2.45, 2.75) is 50.2 Å². The number of nitrogens with one attached hydrogen (secondary N) is 2. The van der Waals surface area contributed by atoms with Crippen molar-refractivity contribution >= 4 is 11.9 Å². The number of likely N-dealkylation sites (N-methyl/N-ethyl adjacent to an activating group) is 1. The van der Waals surface area contributed by atoms with Gasteiger partial charge in [-0.1, -0.05) is 0 Å². The van der Waals surface area contributed by atoms with Gasteiger partial charge in [0, 0.05) is 45.3 Å². The van der Waals surface area contributed by atoms with E-state index in [4.69, 9.17) is 0 Å². The molecule has 2 aliphatic carbocycles. The van der Waals surface area contributed by atoms with E-state index >= 15 is 0 Å². The third kappa shape index (κ3) is 4.33. The SMILES string of the molecule is CN(C)C(=O)CN=C(NC1CC1)NC1CCN(C2CC2)C1. The van der Waals surface area contributed by atoms with Gasteiger partial charge in [0.05, 0.1) is 0 Å². The van der Waals surface area contributed by atoms with Gasteiger partial charge in [-0.05, 0) is 32.1 Å². The molecule has 118 valence electrons. The van der Waals surface area contributed by atoms with Crippen LogP contribution < -0.4 is 10.6 Å². The number of rotatable bonds is 5. The molecule has 3 rings (SSSR count).